The summed E-state index contributed by atoms with van der Waals surface area (Å²) in [6, 6.07) is 9.22. The van der Waals surface area contributed by atoms with E-state index in [1.807, 2.05) is 30.3 Å². The van der Waals surface area contributed by atoms with E-state index in [-0.39, 0.29) is 10.8 Å². The molecule has 0 aliphatic carbocycles. The Kier molecular flexibility index (Phi) is 4.62. The van der Waals surface area contributed by atoms with Gasteiger partial charge < -0.3 is 9.47 Å². The summed E-state index contributed by atoms with van der Waals surface area (Å²) >= 11 is 3.12. The molecule has 1 aromatic rings. The lowest BCUT2D eigenvalue weighted by molar-refractivity contribution is -0.160. The molecule has 3 nitrogen and oxygen atoms in total. The molecular formula is C11H13BrO3. The van der Waals surface area contributed by atoms with Gasteiger partial charge in [-0.2, -0.15) is 0 Å². The third kappa shape index (κ3) is 4.34. The number of rotatable bonds is 4. The molecule has 0 aromatic heterocycles. The zero-order chi connectivity index (χ0) is 11.3. The molecule has 0 saturated carbocycles. The summed E-state index contributed by atoms with van der Waals surface area (Å²) in [6.07, 6.45) is -0.583. The number of halogens is 1. The minimum atomic E-state index is -0.583. The number of benzene rings is 1. The van der Waals surface area contributed by atoms with Gasteiger partial charge in [-0.25, -0.2) is 0 Å². The van der Waals surface area contributed by atoms with E-state index in [1.165, 1.54) is 0 Å². The molecule has 0 radical (unpaired) electrons. The lowest BCUT2D eigenvalue weighted by Crippen LogP contribution is -2.24. The fourth-order valence-electron chi connectivity index (χ4n) is 0.972. The van der Waals surface area contributed by atoms with E-state index in [1.54, 1.807) is 13.8 Å². The number of ether oxygens (including phenoxy) is 2. The van der Waals surface area contributed by atoms with Crippen LogP contribution in [0, 0.1) is 0 Å². The van der Waals surface area contributed by atoms with E-state index in [0.717, 1.165) is 0 Å². The highest BCUT2D eigenvalue weighted by molar-refractivity contribution is 9.10. The van der Waals surface area contributed by atoms with Gasteiger partial charge in [0.1, 0.15) is 10.6 Å². The molecule has 0 bridgehead atoms. The number of alkyl halides is 1. The van der Waals surface area contributed by atoms with Crippen molar-refractivity contribution in [3.8, 4) is 5.75 Å². The molecular weight excluding hydrogens is 260 g/mol. The number of carbonyl (C=O) groups is 1. The number of esters is 1. The minimum absolute atomic E-state index is 0.320. The fourth-order valence-corrected chi connectivity index (χ4v) is 1.08. The van der Waals surface area contributed by atoms with Crippen molar-refractivity contribution in [2.75, 3.05) is 0 Å². The maximum absolute atomic E-state index is 11.2. The summed E-state index contributed by atoms with van der Waals surface area (Å²) < 4.78 is 10.4. The van der Waals surface area contributed by atoms with Gasteiger partial charge in [0, 0.05) is 6.92 Å². The first-order valence-electron chi connectivity index (χ1n) is 4.66. The Morgan fingerprint density at radius 1 is 1.27 bits per heavy atom. The zero-order valence-corrected chi connectivity index (χ0v) is 10.2. The van der Waals surface area contributed by atoms with E-state index in [0.29, 0.717) is 5.75 Å². The summed E-state index contributed by atoms with van der Waals surface area (Å²) in [6.45, 7) is 3.39. The summed E-state index contributed by atoms with van der Waals surface area (Å²) in [5.41, 5.74) is 0. The van der Waals surface area contributed by atoms with Crippen LogP contribution in [0.4, 0.5) is 0 Å². The topological polar surface area (TPSA) is 35.5 Å². The quantitative estimate of drug-likeness (QED) is 0.480. The van der Waals surface area contributed by atoms with Gasteiger partial charge in [0.15, 0.2) is 0 Å². The van der Waals surface area contributed by atoms with Crippen LogP contribution in [-0.4, -0.2) is 17.1 Å². The van der Waals surface area contributed by atoms with Crippen molar-refractivity contribution in [2.24, 2.45) is 0 Å². The first-order chi connectivity index (χ1) is 7.09. The highest BCUT2D eigenvalue weighted by Crippen LogP contribution is 2.12. The van der Waals surface area contributed by atoms with Crippen LogP contribution < -0.4 is 4.74 Å². The van der Waals surface area contributed by atoms with E-state index in [4.69, 9.17) is 9.47 Å². The third-order valence-electron chi connectivity index (χ3n) is 1.65. The zero-order valence-electron chi connectivity index (χ0n) is 8.64. The average Bonchev–Trinajstić information content (AvgIpc) is 2.18. The Labute approximate surface area is 97.5 Å². The van der Waals surface area contributed by atoms with Gasteiger partial charge in [-0.15, -0.1) is 0 Å². The van der Waals surface area contributed by atoms with E-state index < -0.39 is 6.29 Å². The first-order valence-corrected chi connectivity index (χ1v) is 5.57. The molecule has 15 heavy (non-hydrogen) atoms. The lowest BCUT2D eigenvalue weighted by atomic mass is 10.3. The van der Waals surface area contributed by atoms with Gasteiger partial charge in [-0.3, -0.25) is 4.79 Å². The Morgan fingerprint density at radius 2 is 1.87 bits per heavy atom. The van der Waals surface area contributed by atoms with Crippen molar-refractivity contribution < 1.29 is 14.3 Å². The molecule has 0 aliphatic heterocycles. The molecule has 0 saturated heterocycles. The fraction of sp³-hybridized carbons (Fsp3) is 0.364. The third-order valence-corrected chi connectivity index (χ3v) is 2.03. The highest BCUT2D eigenvalue weighted by Gasteiger charge is 2.14. The van der Waals surface area contributed by atoms with Crippen molar-refractivity contribution in [1.82, 2.24) is 0 Å². The predicted octanol–water partition coefficient (Wildman–Crippen LogP) is 2.74. The van der Waals surface area contributed by atoms with Crippen molar-refractivity contribution in [3.63, 3.8) is 0 Å². The number of hydrogen-bond acceptors (Lipinski definition) is 3. The Morgan fingerprint density at radius 3 is 2.40 bits per heavy atom. The van der Waals surface area contributed by atoms with E-state index in [2.05, 4.69) is 15.9 Å². The van der Waals surface area contributed by atoms with Gasteiger partial charge in [-0.1, -0.05) is 34.1 Å². The maximum Gasteiger partial charge on any atom is 0.322 e. The highest BCUT2D eigenvalue weighted by atomic mass is 79.9. The van der Waals surface area contributed by atoms with Crippen LogP contribution in [-0.2, 0) is 9.53 Å². The monoisotopic (exact) mass is 272 g/mol. The number of hydrogen-bond donors (Lipinski definition) is 0. The second-order valence-electron chi connectivity index (χ2n) is 3.05. The van der Waals surface area contributed by atoms with Crippen LogP contribution in [0.15, 0.2) is 30.3 Å². The summed E-state index contributed by atoms with van der Waals surface area (Å²) in [5, 5.41) is 0. The first kappa shape index (κ1) is 12.0. The smallest absolute Gasteiger partial charge is 0.322 e. The maximum atomic E-state index is 11.2. The average molecular weight is 273 g/mol. The molecule has 0 aliphatic rings. The number of para-hydroxylation sites is 1. The molecule has 0 N–H and O–H groups in total. The molecule has 2 unspecified atom stereocenters. The van der Waals surface area contributed by atoms with Crippen LogP contribution in [0.25, 0.3) is 0 Å². The van der Waals surface area contributed by atoms with Crippen molar-refractivity contribution in [3.05, 3.63) is 30.3 Å². The Hall–Kier alpha value is -1.03. The summed E-state index contributed by atoms with van der Waals surface area (Å²) in [4.78, 5) is 10.9. The summed E-state index contributed by atoms with van der Waals surface area (Å²) in [5.74, 6) is 0.346. The van der Waals surface area contributed by atoms with Crippen LogP contribution in [0.5, 0.6) is 5.75 Å². The van der Waals surface area contributed by atoms with Crippen LogP contribution in [0.3, 0.4) is 0 Å². The number of carbonyl (C=O) groups excluding carboxylic acids is 1. The molecule has 0 spiro atoms. The minimum Gasteiger partial charge on any atom is -0.455 e. The SMILES string of the molecule is CC(OC(=O)C(C)Br)Oc1ccccc1. The van der Waals surface area contributed by atoms with Crippen LogP contribution >= 0.6 is 15.9 Å². The molecule has 4 heteroatoms. The molecule has 1 rings (SSSR count). The van der Waals surface area contributed by atoms with Crippen molar-refractivity contribution in [2.45, 2.75) is 25.0 Å². The van der Waals surface area contributed by atoms with Crippen molar-refractivity contribution >= 4 is 21.9 Å². The summed E-state index contributed by atoms with van der Waals surface area (Å²) in [7, 11) is 0. The van der Waals surface area contributed by atoms with Crippen LogP contribution in [0.1, 0.15) is 13.8 Å². The predicted molar refractivity (Wildman–Crippen MR) is 61.0 cm³/mol. The molecule has 0 fully saturated rings. The van der Waals surface area contributed by atoms with E-state index in [9.17, 15) is 4.79 Å². The normalized spacial score (nSPS) is 14.1. The molecule has 0 amide bonds. The molecule has 2 atom stereocenters. The van der Waals surface area contributed by atoms with Gasteiger partial charge in [0.2, 0.25) is 6.29 Å². The lowest BCUT2D eigenvalue weighted by Gasteiger charge is -2.15. The standard InChI is InChI=1S/C11H13BrO3/c1-8(12)11(13)15-9(2)14-10-6-4-3-5-7-10/h3-9H,1-2H3. The van der Waals surface area contributed by atoms with E-state index >= 15 is 0 Å². The largest absolute Gasteiger partial charge is 0.455 e. The van der Waals surface area contributed by atoms with Gasteiger partial charge in [0.25, 0.3) is 0 Å². The Balaban J connectivity index is 2.43. The Bertz CT molecular complexity index is 311. The van der Waals surface area contributed by atoms with Gasteiger partial charge in [0.05, 0.1) is 0 Å². The van der Waals surface area contributed by atoms with Gasteiger partial charge in [-0.05, 0) is 19.1 Å². The molecule has 82 valence electrons. The van der Waals surface area contributed by atoms with Gasteiger partial charge >= 0.3 is 5.97 Å². The molecule has 1 aromatic carbocycles. The molecule has 0 heterocycles. The second-order valence-corrected chi connectivity index (χ2v) is 4.42. The second kappa shape index (κ2) is 5.75. The van der Waals surface area contributed by atoms with Crippen molar-refractivity contribution in [1.29, 1.82) is 0 Å². The van der Waals surface area contributed by atoms with Crippen LogP contribution in [0.2, 0.25) is 0 Å².